The summed E-state index contributed by atoms with van der Waals surface area (Å²) in [6.07, 6.45) is 2.79. The van der Waals surface area contributed by atoms with Gasteiger partial charge < -0.3 is 14.8 Å². The van der Waals surface area contributed by atoms with E-state index in [1.165, 1.54) is 25.3 Å². The van der Waals surface area contributed by atoms with Crippen molar-refractivity contribution in [1.29, 1.82) is 0 Å². The van der Waals surface area contributed by atoms with Crippen molar-refractivity contribution in [2.75, 3.05) is 12.1 Å². The predicted molar refractivity (Wildman–Crippen MR) is 96.1 cm³/mol. The molecule has 2 aromatic rings. The zero-order valence-electron chi connectivity index (χ0n) is 13.1. The Morgan fingerprint density at radius 1 is 1.08 bits per heavy atom. The molecule has 0 fully saturated rings. The van der Waals surface area contributed by atoms with Crippen molar-refractivity contribution < 1.29 is 19.1 Å². The highest BCUT2D eigenvalue weighted by Gasteiger charge is 2.18. The molecule has 128 valence electrons. The number of ketones is 2. The molecular weight excluding hydrogens is 365 g/mol. The van der Waals surface area contributed by atoms with Crippen LogP contribution in [0.5, 0.6) is 11.5 Å². The molecule has 0 atom stereocenters. The summed E-state index contributed by atoms with van der Waals surface area (Å²) in [4.78, 5) is 24.0. The highest BCUT2D eigenvalue weighted by atomic mass is 35.5. The molecule has 0 saturated carbocycles. The first kappa shape index (κ1) is 17.3. The van der Waals surface area contributed by atoms with Crippen LogP contribution in [0.2, 0.25) is 10.0 Å². The minimum atomic E-state index is -0.254. The zero-order valence-corrected chi connectivity index (χ0v) is 14.6. The van der Waals surface area contributed by atoms with Gasteiger partial charge in [-0.2, -0.15) is 0 Å². The summed E-state index contributed by atoms with van der Waals surface area (Å²) in [6, 6.07) is 7.92. The Balaban J connectivity index is 1.78. The van der Waals surface area contributed by atoms with Crippen molar-refractivity contribution in [2.24, 2.45) is 0 Å². The van der Waals surface area contributed by atoms with Crippen LogP contribution in [0.4, 0.5) is 5.69 Å². The summed E-state index contributed by atoms with van der Waals surface area (Å²) in [5.74, 6) is 0.671. The first-order valence-corrected chi connectivity index (χ1v) is 8.08. The molecule has 0 aliphatic carbocycles. The van der Waals surface area contributed by atoms with E-state index >= 15 is 0 Å². The van der Waals surface area contributed by atoms with E-state index in [1.54, 1.807) is 24.3 Å². The molecule has 3 rings (SSSR count). The third-order valence-corrected chi connectivity index (χ3v) is 4.31. The quantitative estimate of drug-likeness (QED) is 0.602. The lowest BCUT2D eigenvalue weighted by Gasteiger charge is -2.08. The second-order valence-electron chi connectivity index (χ2n) is 5.28. The maximum atomic E-state index is 12.2. The van der Waals surface area contributed by atoms with Crippen molar-refractivity contribution >= 4 is 40.5 Å². The number of Topliss-reactive ketones (excluding diaryl/α,β-unsaturated/α-hetero) is 1. The molecule has 0 radical (unpaired) electrons. The molecule has 1 heterocycles. The Bertz CT molecular complexity index is 893. The van der Waals surface area contributed by atoms with Gasteiger partial charge in [0.2, 0.25) is 6.79 Å². The predicted octanol–water partition coefficient (Wildman–Crippen LogP) is 4.73. The van der Waals surface area contributed by atoms with Crippen LogP contribution in [0.15, 0.2) is 42.6 Å². The number of benzene rings is 2. The van der Waals surface area contributed by atoms with Gasteiger partial charge in [0.05, 0.1) is 15.7 Å². The SMILES string of the molecule is CC(=O)c1cc2c(cc1N/C=C\C(=O)c1ccc(Cl)c(Cl)c1)OCO2. The first-order valence-electron chi connectivity index (χ1n) is 7.33. The molecule has 0 unspecified atom stereocenters. The standard InChI is InChI=1S/C18H13Cl2NO4/c1-10(22)12-7-17-18(25-9-24-17)8-15(12)21-5-4-16(23)11-2-3-13(19)14(20)6-11/h2-8,21H,9H2,1H3/b5-4-. The van der Waals surface area contributed by atoms with E-state index in [0.717, 1.165) is 0 Å². The van der Waals surface area contributed by atoms with Gasteiger partial charge >= 0.3 is 0 Å². The van der Waals surface area contributed by atoms with Gasteiger partial charge in [-0.25, -0.2) is 0 Å². The van der Waals surface area contributed by atoms with Gasteiger partial charge in [0.15, 0.2) is 23.1 Å². The van der Waals surface area contributed by atoms with Crippen LogP contribution < -0.4 is 14.8 Å². The van der Waals surface area contributed by atoms with E-state index in [2.05, 4.69) is 5.32 Å². The number of nitrogens with one attached hydrogen (secondary N) is 1. The molecule has 25 heavy (non-hydrogen) atoms. The summed E-state index contributed by atoms with van der Waals surface area (Å²) >= 11 is 11.7. The maximum Gasteiger partial charge on any atom is 0.231 e. The van der Waals surface area contributed by atoms with Gasteiger partial charge in [-0.05, 0) is 31.2 Å². The lowest BCUT2D eigenvalue weighted by atomic mass is 10.1. The van der Waals surface area contributed by atoms with E-state index in [-0.39, 0.29) is 18.4 Å². The van der Waals surface area contributed by atoms with Crippen LogP contribution in [-0.4, -0.2) is 18.4 Å². The Hall–Kier alpha value is -2.50. The minimum Gasteiger partial charge on any atom is -0.454 e. The van der Waals surface area contributed by atoms with Gasteiger partial charge in [-0.3, -0.25) is 9.59 Å². The molecule has 0 aromatic heterocycles. The Morgan fingerprint density at radius 3 is 2.48 bits per heavy atom. The normalized spacial score (nSPS) is 12.4. The van der Waals surface area contributed by atoms with Gasteiger partial charge in [0.25, 0.3) is 0 Å². The topological polar surface area (TPSA) is 64.6 Å². The minimum absolute atomic E-state index is 0.113. The average molecular weight is 378 g/mol. The number of allylic oxidation sites excluding steroid dienone is 1. The number of hydrogen-bond acceptors (Lipinski definition) is 5. The second-order valence-corrected chi connectivity index (χ2v) is 6.09. The van der Waals surface area contributed by atoms with Crippen LogP contribution in [0.3, 0.4) is 0 Å². The molecule has 0 bridgehead atoms. The molecule has 5 nitrogen and oxygen atoms in total. The number of carbonyl (C=O) groups excluding carboxylic acids is 2. The van der Waals surface area contributed by atoms with Crippen molar-refractivity contribution in [3.63, 3.8) is 0 Å². The average Bonchev–Trinajstić information content (AvgIpc) is 3.03. The molecular formula is C18H13Cl2NO4. The lowest BCUT2D eigenvalue weighted by Crippen LogP contribution is -2.01. The van der Waals surface area contributed by atoms with E-state index in [4.69, 9.17) is 32.7 Å². The van der Waals surface area contributed by atoms with E-state index < -0.39 is 0 Å². The molecule has 0 saturated heterocycles. The van der Waals surface area contributed by atoms with E-state index in [0.29, 0.717) is 38.4 Å². The number of carbonyl (C=O) groups is 2. The smallest absolute Gasteiger partial charge is 0.231 e. The summed E-state index contributed by atoms with van der Waals surface area (Å²) in [5.41, 5.74) is 1.37. The van der Waals surface area contributed by atoms with Crippen molar-refractivity contribution in [3.05, 3.63) is 63.8 Å². The van der Waals surface area contributed by atoms with Crippen LogP contribution in [0.1, 0.15) is 27.6 Å². The van der Waals surface area contributed by atoms with Gasteiger partial charge in [-0.1, -0.05) is 23.2 Å². The molecule has 1 aliphatic heterocycles. The summed E-state index contributed by atoms with van der Waals surface area (Å²) < 4.78 is 10.6. The van der Waals surface area contributed by atoms with Crippen LogP contribution in [0.25, 0.3) is 0 Å². The molecule has 0 spiro atoms. The van der Waals surface area contributed by atoms with Crippen LogP contribution in [0, 0.1) is 0 Å². The van der Waals surface area contributed by atoms with E-state index in [1.807, 2.05) is 0 Å². The molecule has 1 aliphatic rings. The van der Waals surface area contributed by atoms with Gasteiger partial charge in [0.1, 0.15) is 0 Å². The fourth-order valence-corrected chi connectivity index (χ4v) is 2.60. The number of fused-ring (bicyclic) bond motifs is 1. The number of ether oxygens (including phenoxy) is 2. The van der Waals surface area contributed by atoms with Crippen molar-refractivity contribution in [3.8, 4) is 11.5 Å². The Kier molecular flexibility index (Phi) is 4.97. The maximum absolute atomic E-state index is 12.2. The fourth-order valence-electron chi connectivity index (χ4n) is 2.31. The number of halogens is 2. The van der Waals surface area contributed by atoms with Crippen molar-refractivity contribution in [2.45, 2.75) is 6.92 Å². The summed E-state index contributed by atoms with van der Waals surface area (Å²) in [6.45, 7) is 1.56. The Labute approximate surface area is 154 Å². The van der Waals surface area contributed by atoms with Crippen LogP contribution in [-0.2, 0) is 0 Å². The Morgan fingerprint density at radius 2 is 1.80 bits per heavy atom. The number of rotatable bonds is 5. The number of anilines is 1. The van der Waals surface area contributed by atoms with Crippen molar-refractivity contribution in [1.82, 2.24) is 0 Å². The lowest BCUT2D eigenvalue weighted by molar-refractivity contribution is 0.101. The van der Waals surface area contributed by atoms with Gasteiger partial charge in [0, 0.05) is 29.5 Å². The summed E-state index contributed by atoms with van der Waals surface area (Å²) in [7, 11) is 0. The molecule has 1 N–H and O–H groups in total. The largest absolute Gasteiger partial charge is 0.454 e. The first-order chi connectivity index (χ1) is 12.0. The fraction of sp³-hybridized carbons (Fsp3) is 0.111. The highest BCUT2D eigenvalue weighted by Crippen LogP contribution is 2.37. The molecule has 2 aromatic carbocycles. The third kappa shape index (κ3) is 3.78. The van der Waals surface area contributed by atoms with Gasteiger partial charge in [-0.15, -0.1) is 0 Å². The molecule has 7 heteroatoms. The zero-order chi connectivity index (χ0) is 18.0. The monoisotopic (exact) mass is 377 g/mol. The van der Waals surface area contributed by atoms with Crippen LogP contribution >= 0.6 is 23.2 Å². The number of hydrogen-bond donors (Lipinski definition) is 1. The summed E-state index contributed by atoms with van der Waals surface area (Å²) in [5, 5.41) is 3.62. The molecule has 0 amide bonds. The van der Waals surface area contributed by atoms with E-state index in [9.17, 15) is 9.59 Å². The second kappa shape index (κ2) is 7.17. The highest BCUT2D eigenvalue weighted by molar-refractivity contribution is 6.42. The third-order valence-electron chi connectivity index (χ3n) is 3.57.